The molecule has 152 valence electrons. The van der Waals surface area contributed by atoms with Crippen LogP contribution in [0, 0.1) is 0 Å². The van der Waals surface area contributed by atoms with E-state index in [1.807, 2.05) is 19.9 Å². The Morgan fingerprint density at radius 1 is 1.07 bits per heavy atom. The van der Waals surface area contributed by atoms with Crippen LogP contribution in [0.15, 0.2) is 36.4 Å². The molecule has 2 nitrogen and oxygen atoms in total. The first-order chi connectivity index (χ1) is 13.3. The minimum absolute atomic E-state index is 0.00576. The summed E-state index contributed by atoms with van der Waals surface area (Å²) >= 11 is 0. The topological polar surface area (TPSA) is 29.5 Å². The molecule has 0 saturated heterocycles. The van der Waals surface area contributed by atoms with Crippen LogP contribution < -0.4 is 4.74 Å². The molecule has 3 rings (SSSR count). The molecule has 1 aliphatic rings. The fourth-order valence-electron chi connectivity index (χ4n) is 4.04. The van der Waals surface area contributed by atoms with E-state index in [4.69, 9.17) is 4.74 Å². The standard InChI is InChI=1S/C23H27F3O2/c1-15(2)21-12-19(9-8-18(21)13-27)28-14-16-7-10-20(17-5-3-4-6-17)22(11-16)23(24,25)26/h7-12,15,17,27H,3-6,13-14H2,1-2H3. The Hall–Kier alpha value is -2.01. The summed E-state index contributed by atoms with van der Waals surface area (Å²) in [5, 5.41) is 9.44. The molecule has 0 aromatic heterocycles. The number of hydrogen-bond donors (Lipinski definition) is 1. The third-order valence-electron chi connectivity index (χ3n) is 5.53. The lowest BCUT2D eigenvalue weighted by atomic mass is 9.91. The maximum Gasteiger partial charge on any atom is 0.416 e. The monoisotopic (exact) mass is 392 g/mol. The van der Waals surface area contributed by atoms with Crippen LogP contribution in [0.2, 0.25) is 0 Å². The number of halogens is 3. The number of alkyl halides is 3. The Kier molecular flexibility index (Phi) is 6.33. The molecule has 0 spiro atoms. The zero-order chi connectivity index (χ0) is 20.3. The van der Waals surface area contributed by atoms with Gasteiger partial charge in [0, 0.05) is 0 Å². The molecule has 0 amide bonds. The van der Waals surface area contributed by atoms with Crippen LogP contribution in [0.1, 0.15) is 79.2 Å². The van der Waals surface area contributed by atoms with Gasteiger partial charge in [0.25, 0.3) is 0 Å². The van der Waals surface area contributed by atoms with Crippen molar-refractivity contribution in [3.05, 3.63) is 64.2 Å². The van der Waals surface area contributed by atoms with Crippen LogP contribution in [0.4, 0.5) is 13.2 Å². The summed E-state index contributed by atoms with van der Waals surface area (Å²) in [4.78, 5) is 0. The smallest absolute Gasteiger partial charge is 0.416 e. The van der Waals surface area contributed by atoms with Gasteiger partial charge in [-0.1, -0.05) is 44.9 Å². The fraction of sp³-hybridized carbons (Fsp3) is 0.478. The molecule has 0 heterocycles. The zero-order valence-electron chi connectivity index (χ0n) is 16.4. The molecule has 5 heteroatoms. The molecule has 1 saturated carbocycles. The van der Waals surface area contributed by atoms with Crippen molar-refractivity contribution in [2.45, 2.75) is 70.8 Å². The second kappa shape index (κ2) is 8.56. The van der Waals surface area contributed by atoms with Crippen molar-refractivity contribution in [2.75, 3.05) is 0 Å². The number of hydrogen-bond acceptors (Lipinski definition) is 2. The molecule has 0 unspecified atom stereocenters. The lowest BCUT2D eigenvalue weighted by Gasteiger charge is -2.19. The Morgan fingerprint density at radius 2 is 1.79 bits per heavy atom. The van der Waals surface area contributed by atoms with Crippen LogP contribution in [-0.4, -0.2) is 5.11 Å². The van der Waals surface area contributed by atoms with Gasteiger partial charge in [-0.15, -0.1) is 0 Å². The van der Waals surface area contributed by atoms with Crippen molar-refractivity contribution in [2.24, 2.45) is 0 Å². The van der Waals surface area contributed by atoms with Crippen LogP contribution in [0.25, 0.3) is 0 Å². The van der Waals surface area contributed by atoms with E-state index in [2.05, 4.69) is 0 Å². The first kappa shape index (κ1) is 20.7. The van der Waals surface area contributed by atoms with Crippen molar-refractivity contribution < 1.29 is 23.0 Å². The molecule has 0 aliphatic heterocycles. The molecule has 1 fully saturated rings. The van der Waals surface area contributed by atoms with E-state index in [-0.39, 0.29) is 25.0 Å². The number of aliphatic hydroxyl groups excluding tert-OH is 1. The third kappa shape index (κ3) is 4.69. The molecule has 0 radical (unpaired) electrons. The average Bonchev–Trinajstić information content (AvgIpc) is 3.19. The molecule has 2 aromatic rings. The molecule has 1 aliphatic carbocycles. The van der Waals surface area contributed by atoms with E-state index in [9.17, 15) is 18.3 Å². The Balaban J connectivity index is 1.80. The lowest BCUT2D eigenvalue weighted by Crippen LogP contribution is -2.12. The van der Waals surface area contributed by atoms with E-state index in [0.717, 1.165) is 36.8 Å². The van der Waals surface area contributed by atoms with E-state index < -0.39 is 11.7 Å². The fourth-order valence-corrected chi connectivity index (χ4v) is 4.04. The van der Waals surface area contributed by atoms with E-state index in [0.29, 0.717) is 16.9 Å². The summed E-state index contributed by atoms with van der Waals surface area (Å²) in [7, 11) is 0. The summed E-state index contributed by atoms with van der Waals surface area (Å²) in [5.74, 6) is 0.814. The normalized spacial score (nSPS) is 15.4. The van der Waals surface area contributed by atoms with Crippen LogP contribution in [-0.2, 0) is 19.4 Å². The first-order valence-corrected chi connectivity index (χ1v) is 9.86. The Bertz CT molecular complexity index is 806. The van der Waals surface area contributed by atoms with Gasteiger partial charge in [-0.2, -0.15) is 13.2 Å². The lowest BCUT2D eigenvalue weighted by molar-refractivity contribution is -0.138. The highest BCUT2D eigenvalue weighted by atomic mass is 19.4. The minimum Gasteiger partial charge on any atom is -0.489 e. The van der Waals surface area contributed by atoms with Gasteiger partial charge in [0.15, 0.2) is 0 Å². The molecule has 28 heavy (non-hydrogen) atoms. The maximum absolute atomic E-state index is 13.6. The minimum atomic E-state index is -4.36. The van der Waals surface area contributed by atoms with Crippen molar-refractivity contribution in [1.29, 1.82) is 0 Å². The summed E-state index contributed by atoms with van der Waals surface area (Å²) in [5.41, 5.74) is 2.21. The number of aliphatic hydroxyl groups is 1. The average molecular weight is 392 g/mol. The highest BCUT2D eigenvalue weighted by Gasteiger charge is 2.36. The van der Waals surface area contributed by atoms with Crippen LogP contribution in [0.5, 0.6) is 5.75 Å². The second-order valence-electron chi connectivity index (χ2n) is 7.86. The third-order valence-corrected chi connectivity index (χ3v) is 5.53. The Labute approximate surface area is 164 Å². The molecular formula is C23H27F3O2. The van der Waals surface area contributed by atoms with Crippen LogP contribution >= 0.6 is 0 Å². The molecule has 0 bridgehead atoms. The summed E-state index contributed by atoms with van der Waals surface area (Å²) in [6.07, 6.45) is -0.715. The van der Waals surface area contributed by atoms with Crippen molar-refractivity contribution in [3.8, 4) is 5.75 Å². The SMILES string of the molecule is CC(C)c1cc(OCc2ccc(C3CCCC3)c(C(F)(F)F)c2)ccc1CO. The zero-order valence-corrected chi connectivity index (χ0v) is 16.4. The van der Waals surface area contributed by atoms with Gasteiger partial charge in [0.2, 0.25) is 0 Å². The quantitative estimate of drug-likeness (QED) is 0.603. The molecular weight excluding hydrogens is 365 g/mol. The van der Waals surface area contributed by atoms with Crippen molar-refractivity contribution in [1.82, 2.24) is 0 Å². The van der Waals surface area contributed by atoms with Crippen molar-refractivity contribution in [3.63, 3.8) is 0 Å². The highest BCUT2D eigenvalue weighted by molar-refractivity contribution is 5.39. The largest absolute Gasteiger partial charge is 0.489 e. The molecule has 0 atom stereocenters. The molecule has 2 aromatic carbocycles. The number of rotatable bonds is 6. The van der Waals surface area contributed by atoms with Gasteiger partial charge in [0.1, 0.15) is 12.4 Å². The maximum atomic E-state index is 13.6. The summed E-state index contributed by atoms with van der Waals surface area (Å²) < 4.78 is 46.6. The van der Waals surface area contributed by atoms with E-state index in [1.54, 1.807) is 24.3 Å². The summed E-state index contributed by atoms with van der Waals surface area (Å²) in [6.45, 7) is 4.07. The van der Waals surface area contributed by atoms with E-state index >= 15 is 0 Å². The van der Waals surface area contributed by atoms with Gasteiger partial charge in [-0.25, -0.2) is 0 Å². The predicted molar refractivity (Wildman–Crippen MR) is 103 cm³/mol. The van der Waals surface area contributed by atoms with Gasteiger partial charge >= 0.3 is 6.18 Å². The number of benzene rings is 2. The predicted octanol–water partition coefficient (Wildman–Crippen LogP) is 6.56. The Morgan fingerprint density at radius 3 is 2.39 bits per heavy atom. The van der Waals surface area contributed by atoms with Gasteiger partial charge in [-0.3, -0.25) is 0 Å². The number of ether oxygens (including phenoxy) is 1. The van der Waals surface area contributed by atoms with E-state index in [1.165, 1.54) is 6.07 Å². The summed E-state index contributed by atoms with van der Waals surface area (Å²) in [6, 6.07) is 10.0. The second-order valence-corrected chi connectivity index (χ2v) is 7.86. The van der Waals surface area contributed by atoms with Gasteiger partial charge < -0.3 is 9.84 Å². The van der Waals surface area contributed by atoms with Gasteiger partial charge in [-0.05, 0) is 65.1 Å². The van der Waals surface area contributed by atoms with Crippen molar-refractivity contribution >= 4 is 0 Å². The van der Waals surface area contributed by atoms with Crippen LogP contribution in [0.3, 0.4) is 0 Å². The van der Waals surface area contributed by atoms with Gasteiger partial charge in [0.05, 0.1) is 12.2 Å². The molecule has 1 N–H and O–H groups in total. The first-order valence-electron chi connectivity index (χ1n) is 9.86. The highest BCUT2D eigenvalue weighted by Crippen LogP contribution is 2.42.